The molecule has 0 heterocycles. The van der Waals surface area contributed by atoms with Gasteiger partial charge in [-0.05, 0) is 39.5 Å². The number of nitrogens with one attached hydrogen (secondary N) is 1. The number of hydrogen-bond donors (Lipinski definition) is 2. The summed E-state index contributed by atoms with van der Waals surface area (Å²) in [4.78, 5) is 11.8. The van der Waals surface area contributed by atoms with Gasteiger partial charge in [-0.3, -0.25) is 4.79 Å². The molecule has 0 saturated heterocycles. The van der Waals surface area contributed by atoms with Crippen molar-refractivity contribution in [2.45, 2.75) is 58.1 Å². The minimum Gasteiger partial charge on any atom is -0.379 e. The molecular formula is C13H27ClN2O2. The maximum atomic E-state index is 11.8. The molecular weight excluding hydrogens is 252 g/mol. The van der Waals surface area contributed by atoms with E-state index in [1.54, 1.807) is 0 Å². The van der Waals surface area contributed by atoms with Gasteiger partial charge >= 0.3 is 0 Å². The lowest BCUT2D eigenvalue weighted by Gasteiger charge is -2.25. The highest BCUT2D eigenvalue weighted by Gasteiger charge is 2.24. The SMILES string of the molecule is CC(C)OCCCNC(=O)C1CCCC(N)C1.Cl. The Kier molecular flexibility index (Phi) is 9.42. The van der Waals surface area contributed by atoms with E-state index in [-0.39, 0.29) is 36.4 Å². The number of carbonyl (C=O) groups is 1. The number of rotatable bonds is 6. The number of hydrogen-bond acceptors (Lipinski definition) is 3. The van der Waals surface area contributed by atoms with Crippen molar-refractivity contribution < 1.29 is 9.53 Å². The summed E-state index contributed by atoms with van der Waals surface area (Å²) in [6.07, 6.45) is 5.11. The Morgan fingerprint density at radius 2 is 2.17 bits per heavy atom. The van der Waals surface area contributed by atoms with Crippen molar-refractivity contribution in [1.29, 1.82) is 0 Å². The molecule has 0 radical (unpaired) electrons. The van der Waals surface area contributed by atoms with E-state index in [0.29, 0.717) is 13.2 Å². The fraction of sp³-hybridized carbons (Fsp3) is 0.923. The van der Waals surface area contributed by atoms with Gasteiger partial charge in [0.2, 0.25) is 5.91 Å². The first-order valence-electron chi connectivity index (χ1n) is 6.74. The van der Waals surface area contributed by atoms with Crippen LogP contribution in [0.1, 0.15) is 46.0 Å². The highest BCUT2D eigenvalue weighted by Crippen LogP contribution is 2.22. The Balaban J connectivity index is 0.00000289. The number of ether oxygens (including phenoxy) is 1. The highest BCUT2D eigenvalue weighted by atomic mass is 35.5. The van der Waals surface area contributed by atoms with E-state index in [4.69, 9.17) is 10.5 Å². The third-order valence-corrected chi connectivity index (χ3v) is 3.16. The number of carbonyl (C=O) groups excluding carboxylic acids is 1. The van der Waals surface area contributed by atoms with Gasteiger partial charge in [0.15, 0.2) is 0 Å². The van der Waals surface area contributed by atoms with Crippen LogP contribution >= 0.6 is 12.4 Å². The molecule has 2 atom stereocenters. The van der Waals surface area contributed by atoms with E-state index in [1.807, 2.05) is 13.8 Å². The molecule has 5 heteroatoms. The first-order valence-corrected chi connectivity index (χ1v) is 6.74. The van der Waals surface area contributed by atoms with Crippen LogP contribution in [0.15, 0.2) is 0 Å². The van der Waals surface area contributed by atoms with Crippen molar-refractivity contribution in [2.24, 2.45) is 11.7 Å². The Morgan fingerprint density at radius 3 is 2.78 bits per heavy atom. The second kappa shape index (κ2) is 9.59. The largest absolute Gasteiger partial charge is 0.379 e. The predicted octanol–water partition coefficient (Wildman–Crippen LogP) is 1.86. The van der Waals surface area contributed by atoms with Gasteiger partial charge < -0.3 is 15.8 Å². The summed E-state index contributed by atoms with van der Waals surface area (Å²) in [5.41, 5.74) is 5.87. The monoisotopic (exact) mass is 278 g/mol. The smallest absolute Gasteiger partial charge is 0.223 e. The second-order valence-electron chi connectivity index (χ2n) is 5.19. The standard InChI is InChI=1S/C13H26N2O2.ClH/c1-10(2)17-8-4-7-15-13(16)11-5-3-6-12(14)9-11;/h10-12H,3-9,14H2,1-2H3,(H,15,16);1H. The van der Waals surface area contributed by atoms with Crippen molar-refractivity contribution in [2.75, 3.05) is 13.2 Å². The highest BCUT2D eigenvalue weighted by molar-refractivity contribution is 5.85. The number of nitrogens with two attached hydrogens (primary N) is 1. The van der Waals surface area contributed by atoms with E-state index in [2.05, 4.69) is 5.32 Å². The molecule has 1 rings (SSSR count). The molecule has 4 nitrogen and oxygen atoms in total. The van der Waals surface area contributed by atoms with Gasteiger partial charge in [0, 0.05) is 25.1 Å². The summed E-state index contributed by atoms with van der Waals surface area (Å²) in [6, 6.07) is 0.212. The van der Waals surface area contributed by atoms with Crippen molar-refractivity contribution in [3.8, 4) is 0 Å². The fourth-order valence-corrected chi connectivity index (χ4v) is 2.21. The average Bonchev–Trinajstić information content (AvgIpc) is 2.28. The Labute approximate surface area is 116 Å². The van der Waals surface area contributed by atoms with Crippen LogP contribution in [0.25, 0.3) is 0 Å². The van der Waals surface area contributed by atoms with E-state index in [1.165, 1.54) is 0 Å². The molecule has 1 amide bonds. The maximum absolute atomic E-state index is 11.8. The molecule has 0 aliphatic heterocycles. The number of halogens is 1. The Bertz CT molecular complexity index is 237. The minimum absolute atomic E-state index is 0. The first-order chi connectivity index (χ1) is 8.09. The molecule has 0 aromatic heterocycles. The molecule has 3 N–H and O–H groups in total. The maximum Gasteiger partial charge on any atom is 0.223 e. The summed E-state index contributed by atoms with van der Waals surface area (Å²) in [7, 11) is 0. The predicted molar refractivity (Wildman–Crippen MR) is 75.9 cm³/mol. The van der Waals surface area contributed by atoms with E-state index < -0.39 is 0 Å². The lowest BCUT2D eigenvalue weighted by molar-refractivity contribution is -0.126. The topological polar surface area (TPSA) is 64.3 Å². The van der Waals surface area contributed by atoms with Gasteiger partial charge in [-0.25, -0.2) is 0 Å². The molecule has 1 aliphatic rings. The first kappa shape index (κ1) is 17.7. The zero-order valence-electron chi connectivity index (χ0n) is 11.5. The average molecular weight is 279 g/mol. The lowest BCUT2D eigenvalue weighted by atomic mass is 9.85. The summed E-state index contributed by atoms with van der Waals surface area (Å²) in [6.45, 7) is 5.45. The third-order valence-electron chi connectivity index (χ3n) is 3.16. The Hall–Kier alpha value is -0.320. The third kappa shape index (κ3) is 7.19. The van der Waals surface area contributed by atoms with Gasteiger partial charge in [0.1, 0.15) is 0 Å². The fourth-order valence-electron chi connectivity index (χ4n) is 2.21. The zero-order valence-corrected chi connectivity index (χ0v) is 12.3. The van der Waals surface area contributed by atoms with Gasteiger partial charge in [-0.2, -0.15) is 0 Å². The normalized spacial score (nSPS) is 23.6. The molecule has 1 aliphatic carbocycles. The molecule has 1 fully saturated rings. The molecule has 18 heavy (non-hydrogen) atoms. The van der Waals surface area contributed by atoms with E-state index >= 15 is 0 Å². The van der Waals surface area contributed by atoms with Crippen molar-refractivity contribution in [3.05, 3.63) is 0 Å². The van der Waals surface area contributed by atoms with Crippen LogP contribution in [-0.2, 0) is 9.53 Å². The molecule has 0 spiro atoms. The van der Waals surface area contributed by atoms with Crippen LogP contribution in [0.3, 0.4) is 0 Å². The molecule has 0 bridgehead atoms. The minimum atomic E-state index is 0. The second-order valence-corrected chi connectivity index (χ2v) is 5.19. The van der Waals surface area contributed by atoms with Crippen LogP contribution < -0.4 is 11.1 Å². The Morgan fingerprint density at radius 1 is 1.44 bits per heavy atom. The van der Waals surface area contributed by atoms with Crippen LogP contribution in [0.2, 0.25) is 0 Å². The van der Waals surface area contributed by atoms with Crippen LogP contribution in [-0.4, -0.2) is 31.2 Å². The molecule has 1 saturated carbocycles. The van der Waals surface area contributed by atoms with Crippen molar-refractivity contribution in [1.82, 2.24) is 5.32 Å². The quantitative estimate of drug-likeness (QED) is 0.729. The zero-order chi connectivity index (χ0) is 12.7. The number of amides is 1. The van der Waals surface area contributed by atoms with Gasteiger partial charge in [0.05, 0.1) is 6.10 Å². The van der Waals surface area contributed by atoms with Crippen LogP contribution in [0.4, 0.5) is 0 Å². The lowest BCUT2D eigenvalue weighted by Crippen LogP contribution is -2.38. The van der Waals surface area contributed by atoms with Gasteiger partial charge in [0.25, 0.3) is 0 Å². The van der Waals surface area contributed by atoms with Crippen molar-refractivity contribution >= 4 is 18.3 Å². The van der Waals surface area contributed by atoms with Crippen molar-refractivity contribution in [3.63, 3.8) is 0 Å². The summed E-state index contributed by atoms with van der Waals surface area (Å²) < 4.78 is 5.41. The van der Waals surface area contributed by atoms with Gasteiger partial charge in [-0.1, -0.05) is 6.42 Å². The molecule has 0 aromatic carbocycles. The summed E-state index contributed by atoms with van der Waals surface area (Å²) in [5.74, 6) is 0.300. The summed E-state index contributed by atoms with van der Waals surface area (Å²) in [5, 5.41) is 2.97. The van der Waals surface area contributed by atoms with E-state index in [9.17, 15) is 4.79 Å². The van der Waals surface area contributed by atoms with Crippen LogP contribution in [0, 0.1) is 5.92 Å². The molecule has 0 aromatic rings. The van der Waals surface area contributed by atoms with Crippen LogP contribution in [0.5, 0.6) is 0 Å². The molecule has 108 valence electrons. The molecule has 2 unspecified atom stereocenters. The van der Waals surface area contributed by atoms with Gasteiger partial charge in [-0.15, -0.1) is 12.4 Å². The van der Waals surface area contributed by atoms with E-state index in [0.717, 1.165) is 32.1 Å². The summed E-state index contributed by atoms with van der Waals surface area (Å²) >= 11 is 0.